The van der Waals surface area contributed by atoms with Crippen LogP contribution in [0.1, 0.15) is 37.8 Å². The van der Waals surface area contributed by atoms with Gasteiger partial charge in [0.1, 0.15) is 0 Å². The van der Waals surface area contributed by atoms with Gasteiger partial charge in [0.25, 0.3) is 0 Å². The minimum atomic E-state index is 0.487. The normalized spacial score (nSPS) is 25.6. The zero-order valence-corrected chi connectivity index (χ0v) is 10.1. The summed E-state index contributed by atoms with van der Waals surface area (Å²) in [7, 11) is 0. The zero-order valence-electron chi connectivity index (χ0n) is 10.1. The first-order valence-corrected chi connectivity index (χ1v) is 6.43. The molecule has 1 heterocycles. The van der Waals surface area contributed by atoms with Gasteiger partial charge in [0.05, 0.1) is 0 Å². The van der Waals surface area contributed by atoms with Crippen LogP contribution in [0.3, 0.4) is 0 Å². The molecule has 0 saturated carbocycles. The first-order chi connectivity index (χ1) is 7.92. The molecule has 2 rings (SSSR count). The quantitative estimate of drug-likeness (QED) is 0.811. The monoisotopic (exact) mass is 218 g/mol. The number of rotatable bonds is 4. The standard InChI is InChI=1S/C14H22N2/c1-2-10-15-13-9-6-11-16-14(13)12-7-4-3-5-8-12/h3-5,7-8,13-16H,2,6,9-11H2,1H3. The van der Waals surface area contributed by atoms with Crippen molar-refractivity contribution in [1.29, 1.82) is 0 Å². The van der Waals surface area contributed by atoms with Crippen molar-refractivity contribution in [3.63, 3.8) is 0 Å². The van der Waals surface area contributed by atoms with Crippen molar-refractivity contribution in [1.82, 2.24) is 10.6 Å². The highest BCUT2D eigenvalue weighted by Gasteiger charge is 2.24. The van der Waals surface area contributed by atoms with Gasteiger partial charge in [-0.3, -0.25) is 0 Å². The Kier molecular flexibility index (Phi) is 4.37. The van der Waals surface area contributed by atoms with Crippen molar-refractivity contribution in [3.05, 3.63) is 35.9 Å². The average molecular weight is 218 g/mol. The van der Waals surface area contributed by atoms with Crippen LogP contribution in [0.15, 0.2) is 30.3 Å². The van der Waals surface area contributed by atoms with E-state index in [2.05, 4.69) is 47.9 Å². The molecule has 0 aliphatic carbocycles. The van der Waals surface area contributed by atoms with Gasteiger partial charge in [-0.25, -0.2) is 0 Å². The molecule has 1 saturated heterocycles. The average Bonchev–Trinajstić information content (AvgIpc) is 2.38. The molecule has 2 nitrogen and oxygen atoms in total. The summed E-state index contributed by atoms with van der Waals surface area (Å²) < 4.78 is 0. The summed E-state index contributed by atoms with van der Waals surface area (Å²) in [6.07, 6.45) is 3.77. The van der Waals surface area contributed by atoms with Gasteiger partial charge in [0.2, 0.25) is 0 Å². The van der Waals surface area contributed by atoms with E-state index in [-0.39, 0.29) is 0 Å². The van der Waals surface area contributed by atoms with Gasteiger partial charge in [0, 0.05) is 12.1 Å². The van der Waals surface area contributed by atoms with Gasteiger partial charge in [-0.05, 0) is 37.9 Å². The van der Waals surface area contributed by atoms with Crippen LogP contribution in [-0.4, -0.2) is 19.1 Å². The number of nitrogens with one attached hydrogen (secondary N) is 2. The molecule has 2 atom stereocenters. The van der Waals surface area contributed by atoms with E-state index in [4.69, 9.17) is 0 Å². The fraction of sp³-hybridized carbons (Fsp3) is 0.571. The van der Waals surface area contributed by atoms with Crippen molar-refractivity contribution in [2.45, 2.75) is 38.3 Å². The van der Waals surface area contributed by atoms with Crippen molar-refractivity contribution < 1.29 is 0 Å². The van der Waals surface area contributed by atoms with Gasteiger partial charge < -0.3 is 10.6 Å². The Balaban J connectivity index is 2.04. The molecule has 88 valence electrons. The summed E-state index contributed by atoms with van der Waals surface area (Å²) in [5.41, 5.74) is 1.41. The van der Waals surface area contributed by atoms with Crippen LogP contribution in [0, 0.1) is 0 Å². The van der Waals surface area contributed by atoms with Crippen LogP contribution in [-0.2, 0) is 0 Å². The Bertz CT molecular complexity index is 297. The molecule has 16 heavy (non-hydrogen) atoms. The molecule has 1 aliphatic rings. The summed E-state index contributed by atoms with van der Waals surface area (Å²) in [4.78, 5) is 0. The Labute approximate surface area is 98.4 Å². The van der Waals surface area contributed by atoms with Crippen LogP contribution >= 0.6 is 0 Å². The molecule has 0 bridgehead atoms. The van der Waals surface area contributed by atoms with E-state index >= 15 is 0 Å². The summed E-state index contributed by atoms with van der Waals surface area (Å²) in [5, 5.41) is 7.29. The summed E-state index contributed by atoms with van der Waals surface area (Å²) >= 11 is 0. The lowest BCUT2D eigenvalue weighted by atomic mass is 9.92. The maximum Gasteiger partial charge on any atom is 0.0475 e. The first kappa shape index (κ1) is 11.6. The van der Waals surface area contributed by atoms with E-state index in [0.29, 0.717) is 12.1 Å². The van der Waals surface area contributed by atoms with Crippen LogP contribution in [0.4, 0.5) is 0 Å². The fourth-order valence-corrected chi connectivity index (χ4v) is 2.45. The van der Waals surface area contributed by atoms with Gasteiger partial charge in [-0.2, -0.15) is 0 Å². The number of piperidine rings is 1. The van der Waals surface area contributed by atoms with Gasteiger partial charge in [-0.15, -0.1) is 0 Å². The third-order valence-electron chi connectivity index (χ3n) is 3.27. The van der Waals surface area contributed by atoms with Crippen LogP contribution in [0.5, 0.6) is 0 Å². The predicted octanol–water partition coefficient (Wildman–Crippen LogP) is 2.48. The van der Waals surface area contributed by atoms with Crippen molar-refractivity contribution in [2.24, 2.45) is 0 Å². The third kappa shape index (κ3) is 2.83. The molecule has 1 aromatic rings. The molecule has 2 unspecified atom stereocenters. The molecule has 1 fully saturated rings. The SMILES string of the molecule is CCCNC1CCCNC1c1ccccc1. The van der Waals surface area contributed by atoms with Crippen LogP contribution in [0.2, 0.25) is 0 Å². The second-order valence-electron chi connectivity index (χ2n) is 4.55. The number of benzene rings is 1. The van der Waals surface area contributed by atoms with E-state index < -0.39 is 0 Å². The van der Waals surface area contributed by atoms with Gasteiger partial charge in [-0.1, -0.05) is 37.3 Å². The third-order valence-corrected chi connectivity index (χ3v) is 3.27. The van der Waals surface area contributed by atoms with E-state index in [0.717, 1.165) is 13.1 Å². The lowest BCUT2D eigenvalue weighted by molar-refractivity contribution is 0.307. The predicted molar refractivity (Wildman–Crippen MR) is 68.5 cm³/mol. The van der Waals surface area contributed by atoms with Crippen LogP contribution in [0.25, 0.3) is 0 Å². The Morgan fingerprint density at radius 2 is 2.12 bits per heavy atom. The first-order valence-electron chi connectivity index (χ1n) is 6.43. The Hall–Kier alpha value is -0.860. The summed E-state index contributed by atoms with van der Waals surface area (Å²) in [6.45, 7) is 4.49. The highest BCUT2D eigenvalue weighted by molar-refractivity contribution is 5.21. The molecule has 1 aromatic carbocycles. The van der Waals surface area contributed by atoms with Crippen LogP contribution < -0.4 is 10.6 Å². The van der Waals surface area contributed by atoms with Gasteiger partial charge in [0.15, 0.2) is 0 Å². The molecule has 0 amide bonds. The van der Waals surface area contributed by atoms with Gasteiger partial charge >= 0.3 is 0 Å². The highest BCUT2D eigenvalue weighted by Crippen LogP contribution is 2.23. The summed E-state index contributed by atoms with van der Waals surface area (Å²) in [5.74, 6) is 0. The molecule has 2 N–H and O–H groups in total. The number of hydrogen-bond donors (Lipinski definition) is 2. The second kappa shape index (κ2) is 6.02. The van der Waals surface area contributed by atoms with E-state index in [9.17, 15) is 0 Å². The Morgan fingerprint density at radius 3 is 2.88 bits per heavy atom. The lowest BCUT2D eigenvalue weighted by Crippen LogP contribution is -2.46. The number of hydrogen-bond acceptors (Lipinski definition) is 2. The minimum Gasteiger partial charge on any atom is -0.312 e. The topological polar surface area (TPSA) is 24.1 Å². The molecular formula is C14H22N2. The largest absolute Gasteiger partial charge is 0.312 e. The zero-order chi connectivity index (χ0) is 11.2. The smallest absolute Gasteiger partial charge is 0.0475 e. The molecular weight excluding hydrogens is 196 g/mol. The van der Waals surface area contributed by atoms with Crippen molar-refractivity contribution in [3.8, 4) is 0 Å². The second-order valence-corrected chi connectivity index (χ2v) is 4.55. The lowest BCUT2D eigenvalue weighted by Gasteiger charge is -2.33. The maximum atomic E-state index is 3.66. The van der Waals surface area contributed by atoms with Crippen molar-refractivity contribution in [2.75, 3.05) is 13.1 Å². The van der Waals surface area contributed by atoms with Crippen molar-refractivity contribution >= 4 is 0 Å². The molecule has 0 radical (unpaired) electrons. The summed E-state index contributed by atoms with van der Waals surface area (Å²) in [6, 6.07) is 11.9. The fourth-order valence-electron chi connectivity index (χ4n) is 2.45. The van der Waals surface area contributed by atoms with E-state index in [1.165, 1.54) is 24.8 Å². The molecule has 1 aliphatic heterocycles. The van der Waals surface area contributed by atoms with E-state index in [1.54, 1.807) is 0 Å². The molecule has 0 spiro atoms. The minimum absolute atomic E-state index is 0.487. The molecule has 0 aromatic heterocycles. The maximum absolute atomic E-state index is 3.66. The molecule has 2 heteroatoms. The highest BCUT2D eigenvalue weighted by atomic mass is 15.0. The Morgan fingerprint density at radius 1 is 1.31 bits per heavy atom. The van der Waals surface area contributed by atoms with E-state index in [1.807, 2.05) is 0 Å².